The van der Waals surface area contributed by atoms with Crippen LogP contribution in [-0.4, -0.2) is 51.1 Å². The van der Waals surface area contributed by atoms with Crippen molar-refractivity contribution in [1.82, 2.24) is 0 Å². The van der Waals surface area contributed by atoms with Crippen LogP contribution in [0.25, 0.3) is 0 Å². The van der Waals surface area contributed by atoms with Gasteiger partial charge >= 0.3 is 6.09 Å². The van der Waals surface area contributed by atoms with E-state index in [0.29, 0.717) is 12.2 Å². The Morgan fingerprint density at radius 3 is 2.41 bits per heavy atom. The Balaban J connectivity index is 1.32. The highest BCUT2D eigenvalue weighted by molar-refractivity contribution is 5.89. The van der Waals surface area contributed by atoms with Gasteiger partial charge in [0.1, 0.15) is 5.60 Å². The predicted octanol–water partition coefficient (Wildman–Crippen LogP) is 5.73. The normalized spacial score (nSPS) is 14.1. The average molecular weight is 467 g/mol. The number of carbonyl (C=O) groups is 1. The largest absolute Gasteiger partial charge is 0.444 e. The molecule has 0 spiro atoms. The van der Waals surface area contributed by atoms with E-state index in [1.807, 2.05) is 45.0 Å². The van der Waals surface area contributed by atoms with E-state index in [4.69, 9.17) is 9.47 Å². The summed E-state index contributed by atoms with van der Waals surface area (Å²) < 4.78 is 10.8. The molecule has 1 aliphatic heterocycles. The fourth-order valence-corrected chi connectivity index (χ4v) is 3.59. The Kier molecular flexibility index (Phi) is 9.64. The zero-order valence-corrected chi connectivity index (χ0v) is 20.6. The number of morpholine rings is 1. The highest BCUT2D eigenvalue weighted by Gasteiger charge is 2.17. The van der Waals surface area contributed by atoms with Gasteiger partial charge in [0, 0.05) is 37.6 Å². The summed E-state index contributed by atoms with van der Waals surface area (Å²) in [6, 6.07) is 16.3. The Bertz CT molecular complexity index is 916. The Labute approximate surface area is 203 Å². The molecule has 0 bridgehead atoms. The molecule has 3 rings (SSSR count). The summed E-state index contributed by atoms with van der Waals surface area (Å²) in [7, 11) is 0. The van der Waals surface area contributed by atoms with E-state index >= 15 is 0 Å². The van der Waals surface area contributed by atoms with Crippen molar-refractivity contribution in [3.05, 3.63) is 60.7 Å². The Morgan fingerprint density at radius 2 is 1.71 bits per heavy atom. The summed E-state index contributed by atoms with van der Waals surface area (Å²) in [5.41, 5.74) is 3.44. The number of nitrogens with one attached hydrogen (secondary N) is 3. The predicted molar refractivity (Wildman–Crippen MR) is 141 cm³/mol. The van der Waals surface area contributed by atoms with Crippen molar-refractivity contribution in [3.63, 3.8) is 0 Å². The lowest BCUT2D eigenvalue weighted by molar-refractivity contribution is 0.0636. The van der Waals surface area contributed by atoms with Gasteiger partial charge in [-0.15, -0.1) is 0 Å². The molecule has 1 fully saturated rings. The van der Waals surface area contributed by atoms with Crippen molar-refractivity contribution in [2.75, 3.05) is 60.2 Å². The molecule has 1 aliphatic rings. The van der Waals surface area contributed by atoms with E-state index in [2.05, 4.69) is 57.3 Å². The molecule has 184 valence electrons. The molecule has 1 amide bonds. The third-order valence-electron chi connectivity index (χ3n) is 5.26. The SMILES string of the molecule is CC(C)(C)OC(=O)Nc1ccccc1NCC=CCCCNc1ccc(N2CCOCC2)cc1. The van der Waals surface area contributed by atoms with Crippen LogP contribution in [0.4, 0.5) is 27.5 Å². The van der Waals surface area contributed by atoms with Crippen molar-refractivity contribution in [2.24, 2.45) is 0 Å². The maximum absolute atomic E-state index is 12.1. The Hall–Kier alpha value is -3.19. The maximum Gasteiger partial charge on any atom is 0.412 e. The number of benzene rings is 2. The molecule has 7 heteroatoms. The van der Waals surface area contributed by atoms with Crippen LogP contribution in [0.15, 0.2) is 60.7 Å². The minimum Gasteiger partial charge on any atom is -0.444 e. The molecule has 0 atom stereocenters. The quantitative estimate of drug-likeness (QED) is 0.307. The second-order valence-corrected chi connectivity index (χ2v) is 9.24. The summed E-state index contributed by atoms with van der Waals surface area (Å²) in [5.74, 6) is 0. The number of allylic oxidation sites excluding steroid dienone is 1. The molecule has 0 saturated carbocycles. The average Bonchev–Trinajstić information content (AvgIpc) is 2.81. The lowest BCUT2D eigenvalue weighted by Gasteiger charge is -2.28. The van der Waals surface area contributed by atoms with Crippen LogP contribution in [0.5, 0.6) is 0 Å². The van der Waals surface area contributed by atoms with E-state index in [1.165, 1.54) is 5.69 Å². The zero-order chi connectivity index (χ0) is 24.2. The molecule has 0 aliphatic carbocycles. The fraction of sp³-hybridized carbons (Fsp3) is 0.444. The van der Waals surface area contributed by atoms with Gasteiger partial charge in [0.05, 0.1) is 24.6 Å². The molecule has 2 aromatic rings. The van der Waals surface area contributed by atoms with Gasteiger partial charge in [-0.25, -0.2) is 4.79 Å². The summed E-state index contributed by atoms with van der Waals surface area (Å²) in [6.07, 6.45) is 5.89. The van der Waals surface area contributed by atoms with E-state index in [-0.39, 0.29) is 0 Å². The second kappa shape index (κ2) is 12.9. The lowest BCUT2D eigenvalue weighted by Crippen LogP contribution is -2.36. The number of unbranched alkanes of at least 4 members (excludes halogenated alkanes) is 1. The smallest absolute Gasteiger partial charge is 0.412 e. The van der Waals surface area contributed by atoms with Crippen LogP contribution in [0.2, 0.25) is 0 Å². The molecule has 3 N–H and O–H groups in total. The highest BCUT2D eigenvalue weighted by Crippen LogP contribution is 2.22. The van der Waals surface area contributed by atoms with E-state index in [1.54, 1.807) is 0 Å². The van der Waals surface area contributed by atoms with Crippen LogP contribution in [0.1, 0.15) is 33.6 Å². The number of carbonyl (C=O) groups excluding carboxylic acids is 1. The number of ether oxygens (including phenoxy) is 2. The van der Waals surface area contributed by atoms with Crippen LogP contribution < -0.4 is 20.9 Å². The molecular formula is C27H38N4O3. The summed E-state index contributed by atoms with van der Waals surface area (Å²) >= 11 is 0. The summed E-state index contributed by atoms with van der Waals surface area (Å²) in [6.45, 7) is 10.7. The number of amides is 1. The lowest BCUT2D eigenvalue weighted by atomic mass is 10.2. The van der Waals surface area contributed by atoms with Crippen LogP contribution in [0, 0.1) is 0 Å². The first kappa shape index (κ1) is 25.4. The van der Waals surface area contributed by atoms with Gasteiger partial charge in [0.2, 0.25) is 0 Å². The van der Waals surface area contributed by atoms with Crippen LogP contribution in [0.3, 0.4) is 0 Å². The topological polar surface area (TPSA) is 74.9 Å². The van der Waals surface area contributed by atoms with Gasteiger partial charge in [-0.05, 0) is 70.0 Å². The highest BCUT2D eigenvalue weighted by atomic mass is 16.6. The third-order valence-corrected chi connectivity index (χ3v) is 5.26. The molecule has 0 radical (unpaired) electrons. The number of nitrogens with zero attached hydrogens (tertiary/aromatic N) is 1. The van der Waals surface area contributed by atoms with Crippen molar-refractivity contribution in [2.45, 2.75) is 39.2 Å². The molecule has 7 nitrogen and oxygen atoms in total. The van der Waals surface area contributed by atoms with Crippen molar-refractivity contribution in [1.29, 1.82) is 0 Å². The molecule has 1 heterocycles. The van der Waals surface area contributed by atoms with E-state index in [9.17, 15) is 4.79 Å². The van der Waals surface area contributed by atoms with Crippen molar-refractivity contribution >= 4 is 28.8 Å². The number of hydrogen-bond donors (Lipinski definition) is 3. The van der Waals surface area contributed by atoms with Gasteiger partial charge in [0.25, 0.3) is 0 Å². The first-order valence-electron chi connectivity index (χ1n) is 12.1. The summed E-state index contributed by atoms with van der Waals surface area (Å²) in [4.78, 5) is 14.4. The van der Waals surface area contributed by atoms with Crippen molar-refractivity contribution < 1.29 is 14.3 Å². The molecule has 0 unspecified atom stereocenters. The van der Waals surface area contributed by atoms with E-state index < -0.39 is 11.7 Å². The minimum atomic E-state index is -0.531. The van der Waals surface area contributed by atoms with Gasteiger partial charge in [-0.1, -0.05) is 24.3 Å². The summed E-state index contributed by atoms with van der Waals surface area (Å²) in [5, 5.41) is 9.64. The van der Waals surface area contributed by atoms with E-state index in [0.717, 1.165) is 57.1 Å². The Morgan fingerprint density at radius 1 is 1.00 bits per heavy atom. The standard InChI is InChI=1S/C27H38N4O3/c1-27(2,3)34-26(32)30-25-11-7-6-10-24(25)29-17-9-5-4-8-16-28-22-12-14-23(15-13-22)31-18-20-33-21-19-31/h5-7,9-15,28-29H,4,8,16-21H2,1-3H3,(H,30,32). The maximum atomic E-state index is 12.1. The first-order chi connectivity index (χ1) is 16.4. The molecular weight excluding hydrogens is 428 g/mol. The van der Waals surface area contributed by atoms with Crippen LogP contribution >= 0.6 is 0 Å². The molecule has 2 aromatic carbocycles. The molecule has 1 saturated heterocycles. The number of rotatable bonds is 10. The third kappa shape index (κ3) is 8.98. The van der Waals surface area contributed by atoms with Crippen molar-refractivity contribution in [3.8, 4) is 0 Å². The van der Waals surface area contributed by atoms with Gasteiger partial charge in [-0.2, -0.15) is 0 Å². The molecule has 34 heavy (non-hydrogen) atoms. The fourth-order valence-electron chi connectivity index (χ4n) is 3.59. The first-order valence-corrected chi connectivity index (χ1v) is 12.1. The minimum absolute atomic E-state index is 0.458. The number of anilines is 4. The number of para-hydroxylation sites is 2. The van der Waals surface area contributed by atoms with Gasteiger partial charge in [-0.3, -0.25) is 5.32 Å². The zero-order valence-electron chi connectivity index (χ0n) is 20.6. The number of hydrogen-bond acceptors (Lipinski definition) is 6. The second-order valence-electron chi connectivity index (χ2n) is 9.24. The molecule has 0 aromatic heterocycles. The van der Waals surface area contributed by atoms with Crippen LogP contribution in [-0.2, 0) is 9.47 Å². The monoisotopic (exact) mass is 466 g/mol. The van der Waals surface area contributed by atoms with Gasteiger partial charge < -0.3 is 25.0 Å². The van der Waals surface area contributed by atoms with Gasteiger partial charge in [0.15, 0.2) is 0 Å².